The molecule has 4 nitrogen and oxygen atoms in total. The molecular formula is C29H27FN2O2. The Bertz CT molecular complexity index is 1400. The first-order valence-corrected chi connectivity index (χ1v) is 11.3. The number of hydrogen-bond donors (Lipinski definition) is 2. The van der Waals surface area contributed by atoms with Crippen molar-refractivity contribution in [2.75, 3.05) is 0 Å². The molecule has 3 aromatic carbocycles. The van der Waals surface area contributed by atoms with E-state index in [1.807, 2.05) is 49.5 Å². The first kappa shape index (κ1) is 23.2. The van der Waals surface area contributed by atoms with Gasteiger partial charge in [-0.25, -0.2) is 9.18 Å². The van der Waals surface area contributed by atoms with Crippen LogP contribution in [0.3, 0.4) is 0 Å². The Balaban J connectivity index is 1.97. The molecule has 0 aliphatic heterocycles. The largest absolute Gasteiger partial charge is 0.478 e. The molecule has 0 amide bonds. The number of carbonyl (C=O) groups is 1. The molecular weight excluding hydrogens is 427 g/mol. The van der Waals surface area contributed by atoms with E-state index in [-0.39, 0.29) is 5.82 Å². The number of halogens is 1. The highest BCUT2D eigenvalue weighted by atomic mass is 19.1. The summed E-state index contributed by atoms with van der Waals surface area (Å²) in [5.41, 5.74) is 7.94. The highest BCUT2D eigenvalue weighted by Crippen LogP contribution is 2.38. The lowest BCUT2D eigenvalue weighted by Crippen LogP contribution is -2.01. The van der Waals surface area contributed by atoms with Crippen LogP contribution in [0.5, 0.6) is 0 Å². The van der Waals surface area contributed by atoms with Crippen molar-refractivity contribution in [3.05, 3.63) is 107 Å². The third-order valence-electron chi connectivity index (χ3n) is 5.77. The van der Waals surface area contributed by atoms with Gasteiger partial charge in [-0.3, -0.25) is 5.10 Å². The molecule has 0 spiro atoms. The van der Waals surface area contributed by atoms with Gasteiger partial charge in [-0.15, -0.1) is 0 Å². The van der Waals surface area contributed by atoms with Crippen molar-refractivity contribution < 1.29 is 14.3 Å². The molecule has 1 aromatic heterocycles. The quantitative estimate of drug-likeness (QED) is 0.231. The van der Waals surface area contributed by atoms with E-state index >= 15 is 0 Å². The Morgan fingerprint density at radius 1 is 1.06 bits per heavy atom. The summed E-state index contributed by atoms with van der Waals surface area (Å²) >= 11 is 0. The lowest BCUT2D eigenvalue weighted by atomic mass is 9.83. The van der Waals surface area contributed by atoms with E-state index in [0.717, 1.165) is 62.4 Å². The zero-order valence-electron chi connectivity index (χ0n) is 19.5. The van der Waals surface area contributed by atoms with E-state index in [2.05, 4.69) is 36.2 Å². The van der Waals surface area contributed by atoms with E-state index in [0.29, 0.717) is 5.92 Å². The molecule has 0 saturated carbocycles. The first-order chi connectivity index (χ1) is 16.3. The van der Waals surface area contributed by atoms with Crippen molar-refractivity contribution in [2.45, 2.75) is 27.2 Å². The molecule has 0 unspecified atom stereocenters. The van der Waals surface area contributed by atoms with Gasteiger partial charge in [0.2, 0.25) is 0 Å². The number of benzene rings is 3. The molecule has 0 aliphatic rings. The molecule has 1 heterocycles. The number of aryl methyl sites for hydroxylation is 1. The fourth-order valence-electron chi connectivity index (χ4n) is 4.26. The van der Waals surface area contributed by atoms with Crippen LogP contribution in [-0.2, 0) is 4.79 Å². The van der Waals surface area contributed by atoms with Crippen molar-refractivity contribution >= 4 is 34.1 Å². The number of carboxylic acids is 1. The predicted molar refractivity (Wildman–Crippen MR) is 136 cm³/mol. The summed E-state index contributed by atoms with van der Waals surface area (Å²) in [4.78, 5) is 10.9. The van der Waals surface area contributed by atoms with Gasteiger partial charge in [0.1, 0.15) is 5.82 Å². The van der Waals surface area contributed by atoms with Gasteiger partial charge in [0.25, 0.3) is 0 Å². The Kier molecular flexibility index (Phi) is 6.73. The first-order valence-electron chi connectivity index (χ1n) is 11.3. The molecule has 34 heavy (non-hydrogen) atoms. The highest BCUT2D eigenvalue weighted by Gasteiger charge is 2.18. The second-order valence-corrected chi connectivity index (χ2v) is 8.88. The fraction of sp³-hybridized carbons (Fsp3) is 0.172. The standard InChI is InChI=1S/C29H27FN2O2/c1-18(2)14-26(25-11-10-24(30)15-19(25)3)29(22-9-12-27-23(16-22)17-31-32-27)21-7-4-20(5-8-21)6-13-28(33)34/h4-13,15-18H,14H2,1-3H3,(H,31,32)(H,33,34)/b13-6+,29-26?. The van der Waals surface area contributed by atoms with Crippen LogP contribution in [0.1, 0.15) is 48.1 Å². The van der Waals surface area contributed by atoms with Crippen molar-refractivity contribution in [2.24, 2.45) is 5.92 Å². The molecule has 0 bridgehead atoms. The van der Waals surface area contributed by atoms with Gasteiger partial charge >= 0.3 is 5.97 Å². The molecule has 0 radical (unpaired) electrons. The van der Waals surface area contributed by atoms with Crippen molar-refractivity contribution in [3.63, 3.8) is 0 Å². The van der Waals surface area contributed by atoms with Crippen molar-refractivity contribution in [3.8, 4) is 0 Å². The second-order valence-electron chi connectivity index (χ2n) is 8.88. The van der Waals surface area contributed by atoms with Gasteiger partial charge in [-0.2, -0.15) is 5.10 Å². The van der Waals surface area contributed by atoms with Crippen molar-refractivity contribution in [1.82, 2.24) is 10.2 Å². The molecule has 4 aromatic rings. The monoisotopic (exact) mass is 454 g/mol. The predicted octanol–water partition coefficient (Wildman–Crippen LogP) is 7.11. The smallest absolute Gasteiger partial charge is 0.328 e. The van der Waals surface area contributed by atoms with Crippen LogP contribution in [-0.4, -0.2) is 21.3 Å². The van der Waals surface area contributed by atoms with Crippen LogP contribution in [0.4, 0.5) is 4.39 Å². The minimum atomic E-state index is -0.982. The molecule has 4 rings (SSSR count). The number of hydrogen-bond acceptors (Lipinski definition) is 2. The zero-order valence-corrected chi connectivity index (χ0v) is 19.5. The van der Waals surface area contributed by atoms with E-state index in [1.54, 1.807) is 12.1 Å². The maximum atomic E-state index is 14.0. The van der Waals surface area contributed by atoms with Crippen LogP contribution in [0.2, 0.25) is 0 Å². The van der Waals surface area contributed by atoms with Crippen LogP contribution >= 0.6 is 0 Å². The summed E-state index contributed by atoms with van der Waals surface area (Å²) in [5, 5.41) is 17.1. The molecule has 0 saturated heterocycles. The number of aromatic nitrogens is 2. The number of nitrogens with one attached hydrogen (secondary N) is 1. The number of nitrogens with zero attached hydrogens (tertiary/aromatic N) is 1. The Hall–Kier alpha value is -3.99. The molecule has 2 N–H and O–H groups in total. The van der Waals surface area contributed by atoms with Gasteiger partial charge < -0.3 is 5.11 Å². The number of aliphatic carboxylic acids is 1. The number of allylic oxidation sites excluding steroid dienone is 1. The average molecular weight is 455 g/mol. The number of aromatic amines is 1. The van der Waals surface area contributed by atoms with Gasteiger partial charge in [-0.05, 0) is 88.6 Å². The van der Waals surface area contributed by atoms with Crippen LogP contribution in [0.25, 0.3) is 28.1 Å². The summed E-state index contributed by atoms with van der Waals surface area (Å²) in [6.45, 7) is 6.29. The van der Waals surface area contributed by atoms with E-state index in [1.165, 1.54) is 6.07 Å². The summed E-state index contributed by atoms with van der Waals surface area (Å²) < 4.78 is 14.0. The van der Waals surface area contributed by atoms with Crippen LogP contribution in [0, 0.1) is 18.7 Å². The molecule has 172 valence electrons. The number of H-pyrrole nitrogens is 1. The average Bonchev–Trinajstić information content (AvgIpc) is 3.26. The van der Waals surface area contributed by atoms with Crippen LogP contribution < -0.4 is 0 Å². The number of carboxylic acid groups (broad SMARTS) is 1. The Labute approximate surface area is 198 Å². The normalized spacial score (nSPS) is 12.5. The summed E-state index contributed by atoms with van der Waals surface area (Å²) in [6, 6.07) is 19.0. The lowest BCUT2D eigenvalue weighted by molar-refractivity contribution is -0.131. The molecule has 0 aliphatic carbocycles. The third kappa shape index (κ3) is 5.15. The number of rotatable bonds is 7. The van der Waals surface area contributed by atoms with Crippen molar-refractivity contribution in [1.29, 1.82) is 0 Å². The minimum absolute atomic E-state index is 0.249. The lowest BCUT2D eigenvalue weighted by Gasteiger charge is -2.21. The van der Waals surface area contributed by atoms with Gasteiger partial charge in [0.05, 0.1) is 11.7 Å². The van der Waals surface area contributed by atoms with Gasteiger partial charge in [-0.1, -0.05) is 50.2 Å². The number of fused-ring (bicyclic) bond motifs is 1. The molecule has 0 atom stereocenters. The van der Waals surface area contributed by atoms with Crippen LogP contribution in [0.15, 0.2) is 72.9 Å². The van der Waals surface area contributed by atoms with Gasteiger partial charge in [0.15, 0.2) is 0 Å². The molecule has 5 heteroatoms. The van der Waals surface area contributed by atoms with E-state index in [9.17, 15) is 9.18 Å². The van der Waals surface area contributed by atoms with E-state index < -0.39 is 5.97 Å². The minimum Gasteiger partial charge on any atom is -0.478 e. The zero-order chi connectivity index (χ0) is 24.2. The summed E-state index contributed by atoms with van der Waals surface area (Å²) in [7, 11) is 0. The fourth-order valence-corrected chi connectivity index (χ4v) is 4.26. The summed E-state index contributed by atoms with van der Waals surface area (Å²) in [6.07, 6.45) is 5.32. The SMILES string of the molecule is Cc1cc(F)ccc1C(CC(C)C)=C(c1ccc(/C=C/C(=O)O)cc1)c1ccc2[nH]ncc2c1. The maximum Gasteiger partial charge on any atom is 0.328 e. The Morgan fingerprint density at radius 3 is 2.47 bits per heavy atom. The topological polar surface area (TPSA) is 66.0 Å². The van der Waals surface area contributed by atoms with Gasteiger partial charge in [0, 0.05) is 11.5 Å². The highest BCUT2D eigenvalue weighted by molar-refractivity contribution is 6.01. The van der Waals surface area contributed by atoms with E-state index in [4.69, 9.17) is 5.11 Å². The second kappa shape index (κ2) is 9.87. The maximum absolute atomic E-state index is 14.0. The Morgan fingerprint density at radius 2 is 1.79 bits per heavy atom. The summed E-state index contributed by atoms with van der Waals surface area (Å²) in [5.74, 6) is -0.852. The third-order valence-corrected chi connectivity index (χ3v) is 5.77. The molecule has 0 fully saturated rings.